The summed E-state index contributed by atoms with van der Waals surface area (Å²) in [7, 11) is -4.40. The van der Waals surface area contributed by atoms with Gasteiger partial charge in [-0.2, -0.15) is 8.42 Å². The first-order valence-corrected chi connectivity index (χ1v) is 13.9. The molecule has 2 aliphatic carbocycles. The second-order valence-electron chi connectivity index (χ2n) is 11.6. The Morgan fingerprint density at radius 3 is 2.43 bits per heavy atom. The molecule has 10 heteroatoms. The number of hydrogen-bond acceptors (Lipinski definition) is 5. The van der Waals surface area contributed by atoms with E-state index in [1.807, 2.05) is 0 Å². The monoisotopic (exact) mass is 536 g/mol. The van der Waals surface area contributed by atoms with Crippen LogP contribution >= 0.6 is 0 Å². The molecule has 6 nitrogen and oxygen atoms in total. The summed E-state index contributed by atoms with van der Waals surface area (Å²) in [6.07, 6.45) is -0.649. The van der Waals surface area contributed by atoms with E-state index in [1.54, 1.807) is 6.07 Å². The SMILES string of the molecule is C[C@H]1C[C@@H](C2C3c4ccc(S(=O)(=O)O)cc4N=C(Nc4ccc(OC(F)(F)F)cc4)C[C@H]32)CC(C)(C)C1. The summed E-state index contributed by atoms with van der Waals surface area (Å²) < 4.78 is 74.7. The molecule has 2 aromatic rings. The number of fused-ring (bicyclic) bond motifs is 3. The number of rotatable bonds is 4. The number of alkyl halides is 3. The summed E-state index contributed by atoms with van der Waals surface area (Å²) in [5.74, 6) is 2.46. The van der Waals surface area contributed by atoms with Gasteiger partial charge in [-0.3, -0.25) is 4.55 Å². The first-order valence-electron chi connectivity index (χ1n) is 12.5. The van der Waals surface area contributed by atoms with Crippen molar-refractivity contribution in [3.8, 4) is 5.75 Å². The minimum atomic E-state index is -4.77. The molecule has 2 aromatic carbocycles. The summed E-state index contributed by atoms with van der Waals surface area (Å²) in [6.45, 7) is 6.95. The summed E-state index contributed by atoms with van der Waals surface area (Å²) in [5, 5.41) is 3.22. The molecule has 2 unspecified atom stereocenters. The fraction of sp³-hybridized carbons (Fsp3) is 0.519. The lowest BCUT2D eigenvalue weighted by molar-refractivity contribution is -0.274. The van der Waals surface area contributed by atoms with E-state index in [1.165, 1.54) is 42.8 Å². The Labute approximate surface area is 215 Å². The summed E-state index contributed by atoms with van der Waals surface area (Å²) in [5.41, 5.74) is 2.28. The van der Waals surface area contributed by atoms with Gasteiger partial charge in [0.05, 0.1) is 10.6 Å². The van der Waals surface area contributed by atoms with E-state index in [0.717, 1.165) is 18.4 Å². The van der Waals surface area contributed by atoms with E-state index in [0.29, 0.717) is 47.3 Å². The van der Waals surface area contributed by atoms with Gasteiger partial charge in [-0.05, 0) is 96.2 Å². The normalized spacial score (nSPS) is 28.8. The number of nitrogens with one attached hydrogen (secondary N) is 1. The topological polar surface area (TPSA) is 88.0 Å². The van der Waals surface area contributed by atoms with Crippen LogP contribution in [-0.4, -0.2) is 25.2 Å². The van der Waals surface area contributed by atoms with Crippen LogP contribution < -0.4 is 10.1 Å². The standard InChI is InChI=1S/C27H31F3N2O4S/c1-15-10-16(14-26(2,3)13-15)24-21-12-23(31-17-4-6-18(7-5-17)36-27(28,29)30)32-22-11-19(37(33,34)35)8-9-20(22)25(21)24/h4-9,11,15-16,21,24-25H,10,12-14H2,1-3H3,(H,31,32)(H,33,34,35)/t15-,16+,21-,24?,25?/m0/s1. The number of anilines is 1. The zero-order valence-corrected chi connectivity index (χ0v) is 21.7. The number of nitrogens with zero attached hydrogens (tertiary/aromatic N) is 1. The Morgan fingerprint density at radius 1 is 1.11 bits per heavy atom. The van der Waals surface area contributed by atoms with Crippen molar-refractivity contribution in [3.63, 3.8) is 0 Å². The highest BCUT2D eigenvalue weighted by molar-refractivity contribution is 7.85. The fourth-order valence-electron chi connectivity index (χ4n) is 6.92. The predicted octanol–water partition coefficient (Wildman–Crippen LogP) is 7.17. The summed E-state index contributed by atoms with van der Waals surface area (Å²) in [6, 6.07) is 10.0. The Kier molecular flexibility index (Phi) is 6.34. The molecule has 37 heavy (non-hydrogen) atoms. The van der Waals surface area contributed by atoms with E-state index < -0.39 is 16.5 Å². The van der Waals surface area contributed by atoms with Crippen LogP contribution in [-0.2, 0) is 10.1 Å². The molecule has 0 aromatic heterocycles. The van der Waals surface area contributed by atoms with Crippen LogP contribution in [0, 0.1) is 29.1 Å². The zero-order valence-electron chi connectivity index (χ0n) is 20.9. The van der Waals surface area contributed by atoms with Crippen LogP contribution in [0.5, 0.6) is 5.75 Å². The van der Waals surface area contributed by atoms with Crippen molar-refractivity contribution < 1.29 is 30.9 Å². The van der Waals surface area contributed by atoms with Crippen LogP contribution in [0.25, 0.3) is 0 Å². The third-order valence-electron chi connectivity index (χ3n) is 7.91. The minimum absolute atomic E-state index is 0.217. The molecule has 2 saturated carbocycles. The van der Waals surface area contributed by atoms with E-state index in [9.17, 15) is 26.1 Å². The van der Waals surface area contributed by atoms with Gasteiger partial charge in [0.1, 0.15) is 11.6 Å². The number of ether oxygens (including phenoxy) is 1. The van der Waals surface area contributed by atoms with Gasteiger partial charge < -0.3 is 10.1 Å². The Bertz CT molecular complexity index is 1320. The highest BCUT2D eigenvalue weighted by atomic mass is 32.2. The highest BCUT2D eigenvalue weighted by Crippen LogP contribution is 2.66. The van der Waals surface area contributed by atoms with E-state index >= 15 is 0 Å². The second kappa shape index (κ2) is 9.01. The molecule has 0 radical (unpaired) electrons. The maximum Gasteiger partial charge on any atom is 0.573 e. The van der Waals surface area contributed by atoms with Gasteiger partial charge in [-0.1, -0.05) is 26.8 Å². The maximum absolute atomic E-state index is 12.5. The van der Waals surface area contributed by atoms with Crippen molar-refractivity contribution >= 4 is 27.3 Å². The molecule has 0 bridgehead atoms. The summed E-state index contributed by atoms with van der Waals surface area (Å²) >= 11 is 0. The van der Waals surface area contributed by atoms with Crippen LogP contribution in [0.2, 0.25) is 0 Å². The Hall–Kier alpha value is -2.59. The molecule has 3 aliphatic rings. The van der Waals surface area contributed by atoms with E-state index in [2.05, 4.69) is 30.8 Å². The zero-order chi connectivity index (χ0) is 26.8. The lowest BCUT2D eigenvalue weighted by Gasteiger charge is -2.39. The van der Waals surface area contributed by atoms with Gasteiger partial charge in [-0.25, -0.2) is 4.99 Å². The predicted molar refractivity (Wildman–Crippen MR) is 135 cm³/mol. The van der Waals surface area contributed by atoms with Crippen molar-refractivity contribution in [3.05, 3.63) is 48.0 Å². The van der Waals surface area contributed by atoms with Gasteiger partial charge in [0.25, 0.3) is 10.1 Å². The minimum Gasteiger partial charge on any atom is -0.406 e. The molecule has 5 atom stereocenters. The van der Waals surface area contributed by atoms with Crippen molar-refractivity contribution in [2.24, 2.45) is 34.1 Å². The average Bonchev–Trinajstić information content (AvgIpc) is 3.47. The quantitative estimate of drug-likeness (QED) is 0.405. The van der Waals surface area contributed by atoms with Crippen molar-refractivity contribution in [1.82, 2.24) is 0 Å². The number of aliphatic imine (C=N–C) groups is 1. The summed E-state index contributed by atoms with van der Waals surface area (Å²) in [4.78, 5) is 4.50. The number of amidine groups is 1. The third kappa shape index (κ3) is 5.80. The Morgan fingerprint density at radius 2 is 1.81 bits per heavy atom. The Balaban J connectivity index is 1.45. The molecule has 0 spiro atoms. The average molecular weight is 537 g/mol. The van der Waals surface area contributed by atoms with Crippen molar-refractivity contribution in [2.45, 2.75) is 63.6 Å². The largest absolute Gasteiger partial charge is 0.573 e. The lowest BCUT2D eigenvalue weighted by atomic mass is 9.66. The molecule has 5 rings (SSSR count). The lowest BCUT2D eigenvalue weighted by Crippen LogP contribution is -2.29. The van der Waals surface area contributed by atoms with E-state index in [4.69, 9.17) is 4.99 Å². The van der Waals surface area contributed by atoms with E-state index in [-0.39, 0.29) is 22.0 Å². The first kappa shape index (κ1) is 26.0. The van der Waals surface area contributed by atoms with Crippen LogP contribution in [0.4, 0.5) is 24.5 Å². The molecule has 2 fully saturated rings. The van der Waals surface area contributed by atoms with Gasteiger partial charge >= 0.3 is 6.36 Å². The van der Waals surface area contributed by atoms with Gasteiger partial charge in [0.2, 0.25) is 0 Å². The van der Waals surface area contributed by atoms with Gasteiger partial charge in [-0.15, -0.1) is 13.2 Å². The molecule has 2 N–H and O–H groups in total. The highest BCUT2D eigenvalue weighted by Gasteiger charge is 2.57. The first-order chi connectivity index (χ1) is 17.2. The smallest absolute Gasteiger partial charge is 0.406 e. The number of hydrogen-bond donors (Lipinski definition) is 2. The van der Waals surface area contributed by atoms with Crippen LogP contribution in [0.1, 0.15) is 57.9 Å². The molecule has 0 saturated heterocycles. The van der Waals surface area contributed by atoms with Gasteiger partial charge in [0, 0.05) is 12.1 Å². The second-order valence-corrected chi connectivity index (χ2v) is 13.0. The molecule has 1 aliphatic heterocycles. The molecule has 200 valence electrons. The molecule has 0 amide bonds. The molecular formula is C27H31F3N2O4S. The van der Waals surface area contributed by atoms with Crippen molar-refractivity contribution in [1.29, 1.82) is 0 Å². The van der Waals surface area contributed by atoms with Crippen LogP contribution in [0.15, 0.2) is 52.4 Å². The van der Waals surface area contributed by atoms with Crippen LogP contribution in [0.3, 0.4) is 0 Å². The third-order valence-corrected chi connectivity index (χ3v) is 8.76. The maximum atomic E-state index is 12.5. The van der Waals surface area contributed by atoms with Gasteiger partial charge in [0.15, 0.2) is 0 Å². The van der Waals surface area contributed by atoms with Crippen molar-refractivity contribution in [2.75, 3.05) is 5.32 Å². The fourth-order valence-corrected chi connectivity index (χ4v) is 7.42. The number of halogens is 3. The molecular weight excluding hydrogens is 505 g/mol. The molecule has 1 heterocycles. The number of benzene rings is 2.